The Morgan fingerprint density at radius 3 is 2.90 bits per heavy atom. The molecule has 7 heteroatoms. The van der Waals surface area contributed by atoms with E-state index in [2.05, 4.69) is 28.6 Å². The molecule has 6 nitrogen and oxygen atoms in total. The van der Waals surface area contributed by atoms with Crippen molar-refractivity contribution in [3.8, 4) is 0 Å². The molecule has 0 aromatic carbocycles. The number of carboxylic acids is 1. The van der Waals surface area contributed by atoms with Gasteiger partial charge in [-0.15, -0.1) is 10.2 Å². The van der Waals surface area contributed by atoms with Gasteiger partial charge in [-0.25, -0.2) is 0 Å². The first kappa shape index (κ1) is 16.3. The van der Waals surface area contributed by atoms with Gasteiger partial charge in [0.25, 0.3) is 0 Å². The minimum Gasteiger partial charge on any atom is -0.481 e. The molecule has 1 aliphatic heterocycles. The van der Waals surface area contributed by atoms with Crippen molar-refractivity contribution in [2.75, 3.05) is 12.4 Å². The zero-order chi connectivity index (χ0) is 15.2. The van der Waals surface area contributed by atoms with E-state index in [1.807, 2.05) is 0 Å². The van der Waals surface area contributed by atoms with Crippen molar-refractivity contribution >= 4 is 17.7 Å². The molecule has 1 saturated heterocycles. The van der Waals surface area contributed by atoms with Gasteiger partial charge < -0.3 is 14.4 Å². The van der Waals surface area contributed by atoms with E-state index >= 15 is 0 Å². The van der Waals surface area contributed by atoms with Crippen molar-refractivity contribution in [3.05, 3.63) is 5.82 Å². The summed E-state index contributed by atoms with van der Waals surface area (Å²) < 4.78 is 7.82. The van der Waals surface area contributed by atoms with Gasteiger partial charge in [-0.3, -0.25) is 4.79 Å². The lowest BCUT2D eigenvalue weighted by Crippen LogP contribution is -2.24. The first-order chi connectivity index (χ1) is 10.1. The number of ether oxygens (including phenoxy) is 1. The second kappa shape index (κ2) is 7.79. The summed E-state index contributed by atoms with van der Waals surface area (Å²) in [6.07, 6.45) is 4.36. The molecule has 1 aromatic rings. The van der Waals surface area contributed by atoms with Crippen molar-refractivity contribution in [1.29, 1.82) is 0 Å². The molecule has 21 heavy (non-hydrogen) atoms. The van der Waals surface area contributed by atoms with Crippen LogP contribution in [-0.4, -0.2) is 44.3 Å². The van der Waals surface area contributed by atoms with Gasteiger partial charge in [-0.2, -0.15) is 0 Å². The average molecular weight is 313 g/mol. The molecule has 1 atom stereocenters. The monoisotopic (exact) mass is 313 g/mol. The third kappa shape index (κ3) is 5.00. The topological polar surface area (TPSA) is 77.2 Å². The Morgan fingerprint density at radius 1 is 1.48 bits per heavy atom. The summed E-state index contributed by atoms with van der Waals surface area (Å²) in [6, 6.07) is 0. The molecule has 118 valence electrons. The van der Waals surface area contributed by atoms with Gasteiger partial charge in [-0.05, 0) is 25.2 Å². The van der Waals surface area contributed by atoms with Gasteiger partial charge in [-0.1, -0.05) is 25.6 Å². The Morgan fingerprint density at radius 2 is 2.29 bits per heavy atom. The molecule has 1 N–H and O–H groups in total. The van der Waals surface area contributed by atoms with Gasteiger partial charge >= 0.3 is 5.97 Å². The summed E-state index contributed by atoms with van der Waals surface area (Å²) >= 11 is 1.23. The maximum atomic E-state index is 10.7. The molecule has 2 rings (SSSR count). The van der Waals surface area contributed by atoms with Crippen LogP contribution in [0.1, 0.15) is 38.9 Å². The van der Waals surface area contributed by atoms with Gasteiger partial charge in [0.2, 0.25) is 0 Å². The van der Waals surface area contributed by atoms with Crippen molar-refractivity contribution in [3.63, 3.8) is 0 Å². The summed E-state index contributed by atoms with van der Waals surface area (Å²) in [7, 11) is 0. The van der Waals surface area contributed by atoms with E-state index < -0.39 is 5.97 Å². The van der Waals surface area contributed by atoms with Crippen LogP contribution in [0.25, 0.3) is 0 Å². The van der Waals surface area contributed by atoms with E-state index in [0.717, 1.165) is 38.2 Å². The maximum absolute atomic E-state index is 10.7. The van der Waals surface area contributed by atoms with Crippen LogP contribution in [0.3, 0.4) is 0 Å². The largest absolute Gasteiger partial charge is 0.481 e. The third-order valence-electron chi connectivity index (χ3n) is 3.35. The molecular formula is C14H23N3O3S. The first-order valence-electron chi connectivity index (χ1n) is 7.44. The molecule has 0 spiro atoms. The van der Waals surface area contributed by atoms with Crippen LogP contribution in [0.15, 0.2) is 5.16 Å². The number of aliphatic carboxylic acids is 1. The predicted octanol–water partition coefficient (Wildman–Crippen LogP) is 2.22. The lowest BCUT2D eigenvalue weighted by atomic mass is 10.1. The molecular weight excluding hydrogens is 290 g/mol. The smallest absolute Gasteiger partial charge is 0.313 e. The Balaban J connectivity index is 2.09. The SMILES string of the molecule is CC(C)Cn1c(CC2CCCCO2)nnc1SCC(=O)O. The Kier molecular flexibility index (Phi) is 6.05. The minimum absolute atomic E-state index is 0.0101. The number of hydrogen-bond acceptors (Lipinski definition) is 5. The second-order valence-electron chi connectivity index (χ2n) is 5.78. The Bertz CT molecular complexity index is 470. The van der Waals surface area contributed by atoms with Gasteiger partial charge in [0.1, 0.15) is 5.82 Å². The fourth-order valence-electron chi connectivity index (χ4n) is 2.42. The molecule has 1 unspecified atom stereocenters. The highest BCUT2D eigenvalue weighted by molar-refractivity contribution is 7.99. The second-order valence-corrected chi connectivity index (χ2v) is 6.72. The fourth-order valence-corrected chi connectivity index (χ4v) is 3.11. The lowest BCUT2D eigenvalue weighted by Gasteiger charge is -2.22. The number of hydrogen-bond donors (Lipinski definition) is 1. The average Bonchev–Trinajstić information content (AvgIpc) is 2.79. The fraction of sp³-hybridized carbons (Fsp3) is 0.786. The van der Waals surface area contributed by atoms with Crippen LogP contribution in [0, 0.1) is 5.92 Å². The van der Waals surface area contributed by atoms with Crippen LogP contribution >= 0.6 is 11.8 Å². The summed E-state index contributed by atoms with van der Waals surface area (Å²) in [5, 5.41) is 17.9. The van der Waals surface area contributed by atoms with Crippen molar-refractivity contribution in [2.24, 2.45) is 5.92 Å². The zero-order valence-corrected chi connectivity index (χ0v) is 13.4. The van der Waals surface area contributed by atoms with Crippen molar-refractivity contribution in [2.45, 2.75) is 57.3 Å². The predicted molar refractivity (Wildman–Crippen MR) is 80.5 cm³/mol. The van der Waals surface area contributed by atoms with Crippen LogP contribution in [0.4, 0.5) is 0 Å². The quantitative estimate of drug-likeness (QED) is 0.778. The molecule has 1 fully saturated rings. The molecule has 0 aliphatic carbocycles. The summed E-state index contributed by atoms with van der Waals surface area (Å²) in [5.41, 5.74) is 0. The van der Waals surface area contributed by atoms with E-state index in [1.54, 1.807) is 0 Å². The highest BCUT2D eigenvalue weighted by atomic mass is 32.2. The molecule has 0 radical (unpaired) electrons. The molecule has 1 aromatic heterocycles. The van der Waals surface area contributed by atoms with E-state index in [-0.39, 0.29) is 11.9 Å². The van der Waals surface area contributed by atoms with Gasteiger partial charge in [0.05, 0.1) is 11.9 Å². The van der Waals surface area contributed by atoms with Crippen molar-refractivity contribution < 1.29 is 14.6 Å². The summed E-state index contributed by atoms with van der Waals surface area (Å²) in [5.74, 6) is 0.534. The highest BCUT2D eigenvalue weighted by Gasteiger charge is 2.20. The number of rotatable bonds is 7. The van der Waals surface area contributed by atoms with E-state index in [9.17, 15) is 4.79 Å². The lowest BCUT2D eigenvalue weighted by molar-refractivity contribution is -0.133. The highest BCUT2D eigenvalue weighted by Crippen LogP contribution is 2.22. The van der Waals surface area contributed by atoms with Crippen LogP contribution in [0.5, 0.6) is 0 Å². The van der Waals surface area contributed by atoms with Gasteiger partial charge in [0.15, 0.2) is 5.16 Å². The van der Waals surface area contributed by atoms with Gasteiger partial charge in [0, 0.05) is 19.6 Å². The van der Waals surface area contributed by atoms with E-state index in [1.165, 1.54) is 18.2 Å². The zero-order valence-electron chi connectivity index (χ0n) is 12.6. The molecule has 2 heterocycles. The number of nitrogens with zero attached hydrogens (tertiary/aromatic N) is 3. The first-order valence-corrected chi connectivity index (χ1v) is 8.43. The summed E-state index contributed by atoms with van der Waals surface area (Å²) in [6.45, 7) is 5.89. The van der Waals surface area contributed by atoms with Crippen LogP contribution < -0.4 is 0 Å². The van der Waals surface area contributed by atoms with Crippen molar-refractivity contribution in [1.82, 2.24) is 14.8 Å². The molecule has 0 saturated carbocycles. The normalized spacial score (nSPS) is 19.1. The van der Waals surface area contributed by atoms with E-state index in [0.29, 0.717) is 11.1 Å². The van der Waals surface area contributed by atoms with Crippen LogP contribution in [0.2, 0.25) is 0 Å². The number of carboxylic acid groups (broad SMARTS) is 1. The van der Waals surface area contributed by atoms with E-state index in [4.69, 9.17) is 9.84 Å². The molecule has 1 aliphatic rings. The number of aromatic nitrogens is 3. The number of thioether (sulfide) groups is 1. The molecule has 0 amide bonds. The number of carbonyl (C=O) groups is 1. The Labute approximate surface area is 129 Å². The Hall–Kier alpha value is -1.08. The standard InChI is InChI=1S/C14H23N3O3S/c1-10(2)8-17-12(7-11-5-3-4-6-20-11)15-16-14(17)21-9-13(18)19/h10-11H,3-9H2,1-2H3,(H,18,19). The summed E-state index contributed by atoms with van der Waals surface area (Å²) in [4.78, 5) is 10.7. The third-order valence-corrected chi connectivity index (χ3v) is 4.30. The molecule has 0 bridgehead atoms. The minimum atomic E-state index is -0.837. The maximum Gasteiger partial charge on any atom is 0.313 e. The van der Waals surface area contributed by atoms with Crippen LogP contribution in [-0.2, 0) is 22.5 Å².